The first kappa shape index (κ1) is 18.9. The van der Waals surface area contributed by atoms with E-state index in [2.05, 4.69) is 15.8 Å². The summed E-state index contributed by atoms with van der Waals surface area (Å²) in [6.45, 7) is 5.84. The maximum absolute atomic E-state index is 12.9. The molecule has 0 saturated heterocycles. The zero-order valence-corrected chi connectivity index (χ0v) is 14.7. The summed E-state index contributed by atoms with van der Waals surface area (Å²) >= 11 is 0. The predicted molar refractivity (Wildman–Crippen MR) is 91.7 cm³/mol. The van der Waals surface area contributed by atoms with E-state index in [0.717, 1.165) is 29.9 Å². The van der Waals surface area contributed by atoms with E-state index in [9.17, 15) is 14.3 Å². The van der Waals surface area contributed by atoms with Crippen molar-refractivity contribution >= 4 is 6.03 Å². The van der Waals surface area contributed by atoms with Gasteiger partial charge in [0.15, 0.2) is 0 Å². The smallest absolute Gasteiger partial charge is 0.314 e. The van der Waals surface area contributed by atoms with Crippen molar-refractivity contribution in [3.05, 3.63) is 52.7 Å². The topological polar surface area (TPSA) is 87.4 Å². The largest absolute Gasteiger partial charge is 0.384 e. The second-order valence-electron chi connectivity index (χ2n) is 6.30. The fraction of sp³-hybridized carbons (Fsp3) is 0.444. The second-order valence-corrected chi connectivity index (χ2v) is 6.30. The van der Waals surface area contributed by atoms with Crippen molar-refractivity contribution in [2.24, 2.45) is 0 Å². The van der Waals surface area contributed by atoms with Gasteiger partial charge < -0.3 is 20.3 Å². The zero-order valence-electron chi connectivity index (χ0n) is 14.7. The summed E-state index contributed by atoms with van der Waals surface area (Å²) in [6.07, 6.45) is 1.53. The number of urea groups is 1. The maximum atomic E-state index is 12.9. The molecule has 25 heavy (non-hydrogen) atoms. The number of hydrogen-bond donors (Lipinski definition) is 3. The minimum Gasteiger partial charge on any atom is -0.384 e. The summed E-state index contributed by atoms with van der Waals surface area (Å²) in [6, 6.07) is 5.19. The van der Waals surface area contributed by atoms with E-state index in [1.54, 1.807) is 6.92 Å². The third-order valence-electron chi connectivity index (χ3n) is 4.13. The van der Waals surface area contributed by atoms with Crippen molar-refractivity contribution in [1.29, 1.82) is 0 Å². The van der Waals surface area contributed by atoms with E-state index in [1.165, 1.54) is 24.3 Å². The van der Waals surface area contributed by atoms with Gasteiger partial charge in [-0.3, -0.25) is 0 Å². The Morgan fingerprint density at radius 2 is 1.96 bits per heavy atom. The summed E-state index contributed by atoms with van der Waals surface area (Å²) in [4.78, 5) is 11.8. The molecule has 1 atom stereocenters. The predicted octanol–water partition coefficient (Wildman–Crippen LogP) is 2.57. The highest BCUT2D eigenvalue weighted by atomic mass is 19.1. The molecule has 0 aliphatic rings. The van der Waals surface area contributed by atoms with E-state index < -0.39 is 5.60 Å². The van der Waals surface area contributed by atoms with Crippen LogP contribution in [0.5, 0.6) is 0 Å². The number of amides is 2. The van der Waals surface area contributed by atoms with Crippen LogP contribution in [-0.2, 0) is 12.0 Å². The number of carbonyl (C=O) groups is 1. The molecule has 0 aliphatic heterocycles. The lowest BCUT2D eigenvalue weighted by Crippen LogP contribution is -2.43. The van der Waals surface area contributed by atoms with Crippen molar-refractivity contribution in [3.63, 3.8) is 0 Å². The highest BCUT2D eigenvalue weighted by molar-refractivity contribution is 5.73. The summed E-state index contributed by atoms with van der Waals surface area (Å²) in [5, 5.41) is 19.7. The fourth-order valence-corrected chi connectivity index (χ4v) is 2.55. The third kappa shape index (κ3) is 5.29. The summed E-state index contributed by atoms with van der Waals surface area (Å²) < 4.78 is 18.0. The van der Waals surface area contributed by atoms with Gasteiger partial charge >= 0.3 is 6.03 Å². The Labute approximate surface area is 146 Å². The van der Waals surface area contributed by atoms with Gasteiger partial charge in [-0.05, 0) is 51.3 Å². The number of rotatable bonds is 7. The van der Waals surface area contributed by atoms with Crippen LogP contribution in [0.3, 0.4) is 0 Å². The van der Waals surface area contributed by atoms with Crippen LogP contribution in [0.25, 0.3) is 0 Å². The van der Waals surface area contributed by atoms with Crippen LogP contribution in [0.1, 0.15) is 35.9 Å². The minimum absolute atomic E-state index is 0.0222. The first-order chi connectivity index (χ1) is 11.8. The lowest BCUT2D eigenvalue weighted by molar-refractivity contribution is 0.0593. The van der Waals surface area contributed by atoms with Gasteiger partial charge in [0.1, 0.15) is 17.2 Å². The number of hydrogen-bond acceptors (Lipinski definition) is 4. The molecule has 1 heterocycles. The van der Waals surface area contributed by atoms with Crippen LogP contribution in [0.15, 0.2) is 28.8 Å². The first-order valence-corrected chi connectivity index (χ1v) is 8.21. The molecule has 2 amide bonds. The minimum atomic E-state index is -1.28. The van der Waals surface area contributed by atoms with Crippen LogP contribution < -0.4 is 10.6 Å². The van der Waals surface area contributed by atoms with Gasteiger partial charge in [-0.15, -0.1) is 0 Å². The molecule has 1 aromatic carbocycles. The number of aromatic nitrogens is 1. The Hall–Kier alpha value is -2.41. The van der Waals surface area contributed by atoms with Crippen molar-refractivity contribution in [2.75, 3.05) is 13.1 Å². The van der Waals surface area contributed by atoms with E-state index in [-0.39, 0.29) is 18.4 Å². The van der Waals surface area contributed by atoms with Gasteiger partial charge in [0.05, 0.1) is 12.2 Å². The van der Waals surface area contributed by atoms with Crippen molar-refractivity contribution in [1.82, 2.24) is 15.8 Å². The molecule has 0 fully saturated rings. The number of benzene rings is 1. The quantitative estimate of drug-likeness (QED) is 0.671. The van der Waals surface area contributed by atoms with Gasteiger partial charge in [0.2, 0.25) is 0 Å². The molecular weight excluding hydrogens is 325 g/mol. The van der Waals surface area contributed by atoms with Gasteiger partial charge in [-0.2, -0.15) is 0 Å². The van der Waals surface area contributed by atoms with E-state index in [4.69, 9.17) is 4.52 Å². The monoisotopic (exact) mass is 349 g/mol. The molecule has 3 N–H and O–H groups in total. The Morgan fingerprint density at radius 3 is 2.56 bits per heavy atom. The lowest BCUT2D eigenvalue weighted by Gasteiger charge is -2.24. The van der Waals surface area contributed by atoms with Crippen LogP contribution in [0, 0.1) is 19.7 Å². The highest BCUT2D eigenvalue weighted by Crippen LogP contribution is 2.19. The lowest BCUT2D eigenvalue weighted by atomic mass is 9.96. The Morgan fingerprint density at radius 1 is 1.28 bits per heavy atom. The van der Waals surface area contributed by atoms with Crippen LogP contribution >= 0.6 is 0 Å². The number of nitrogens with zero attached hydrogens (tertiary/aromatic N) is 1. The van der Waals surface area contributed by atoms with Crippen molar-refractivity contribution in [3.8, 4) is 0 Å². The molecule has 6 nitrogen and oxygen atoms in total. The zero-order chi connectivity index (χ0) is 18.4. The fourth-order valence-electron chi connectivity index (χ4n) is 2.55. The molecule has 0 spiro atoms. The van der Waals surface area contributed by atoms with Gasteiger partial charge in [-0.1, -0.05) is 17.3 Å². The average molecular weight is 349 g/mol. The SMILES string of the molecule is Cc1noc(C)c1CCCNC(=O)NCC(C)(O)c1ccc(F)cc1. The standard InChI is InChI=1S/C18H24FN3O3/c1-12-16(13(2)25-22-12)5-4-10-20-17(23)21-11-18(3,24)14-6-8-15(19)9-7-14/h6-9,24H,4-5,10-11H2,1-3H3,(H2,20,21,23). The molecule has 2 rings (SSSR count). The van der Waals surface area contributed by atoms with Crippen molar-refractivity contribution in [2.45, 2.75) is 39.2 Å². The molecule has 0 radical (unpaired) electrons. The number of nitrogens with one attached hydrogen (secondary N) is 2. The molecular formula is C18H24FN3O3. The number of halogens is 1. The average Bonchev–Trinajstić information content (AvgIpc) is 2.89. The van der Waals surface area contributed by atoms with E-state index in [0.29, 0.717) is 12.1 Å². The van der Waals surface area contributed by atoms with E-state index >= 15 is 0 Å². The summed E-state index contributed by atoms with van der Waals surface area (Å²) in [5.41, 5.74) is 1.20. The van der Waals surface area contributed by atoms with Gasteiger partial charge in [0.25, 0.3) is 0 Å². The second kappa shape index (κ2) is 8.11. The van der Waals surface area contributed by atoms with Crippen LogP contribution in [0.4, 0.5) is 9.18 Å². The van der Waals surface area contributed by atoms with Crippen LogP contribution in [0.2, 0.25) is 0 Å². The molecule has 0 bridgehead atoms. The Kier molecular flexibility index (Phi) is 6.14. The van der Waals surface area contributed by atoms with Gasteiger partial charge in [0, 0.05) is 12.1 Å². The van der Waals surface area contributed by atoms with Gasteiger partial charge in [-0.25, -0.2) is 9.18 Å². The molecule has 0 aliphatic carbocycles. The molecule has 136 valence electrons. The summed E-state index contributed by atoms with van der Waals surface area (Å²) in [5.74, 6) is 0.431. The van der Waals surface area contributed by atoms with Crippen molar-refractivity contribution < 1.29 is 18.8 Å². The summed E-state index contributed by atoms with van der Waals surface area (Å²) in [7, 11) is 0. The maximum Gasteiger partial charge on any atom is 0.314 e. The molecule has 2 aromatic rings. The first-order valence-electron chi connectivity index (χ1n) is 8.21. The Bertz CT molecular complexity index is 691. The molecule has 7 heteroatoms. The van der Waals surface area contributed by atoms with Crippen LogP contribution in [-0.4, -0.2) is 29.4 Å². The molecule has 0 saturated carbocycles. The van der Waals surface area contributed by atoms with E-state index in [1.807, 2.05) is 13.8 Å². The molecule has 1 unspecified atom stereocenters. The third-order valence-corrected chi connectivity index (χ3v) is 4.13. The Balaban J connectivity index is 1.72. The number of aryl methyl sites for hydroxylation is 2. The molecule has 1 aromatic heterocycles. The number of aliphatic hydroxyl groups is 1. The normalized spacial score (nSPS) is 13.3. The highest BCUT2D eigenvalue weighted by Gasteiger charge is 2.23. The number of carbonyl (C=O) groups excluding carboxylic acids is 1.